The number of nitrogens with zero attached hydrogens (tertiary/aromatic N) is 4. The molecule has 45 heavy (non-hydrogen) atoms. The third-order valence-corrected chi connectivity index (χ3v) is 8.84. The molecule has 0 saturated heterocycles. The van der Waals surface area contributed by atoms with E-state index < -0.39 is 33.1 Å². The fraction of sp³-hybridized carbons (Fsp3) is 0.355. The largest absolute Gasteiger partial charge is 0.494 e. The molecule has 13 nitrogen and oxygen atoms in total. The first kappa shape index (κ1) is 33.4. The lowest BCUT2D eigenvalue weighted by atomic mass is 9.84. The number of hydrogen-bond acceptors (Lipinski definition) is 10. The zero-order valence-electron chi connectivity index (χ0n) is 24.8. The van der Waals surface area contributed by atoms with E-state index in [1.807, 2.05) is 0 Å². The number of nitrogens with one attached hydrogen (secondary N) is 2. The molecular weight excluding hydrogens is 600 g/mol. The SMILES string of the molecule is COCCCNNC(=O)[C@@]1(CCS(=O)(=O)c2ccccc2)N=C(c2ccc(OCCCO)cc2)O[C@H]1c1ccccc1N=[N+]=[N-]. The van der Waals surface area contributed by atoms with Crippen LogP contribution in [0.2, 0.25) is 0 Å². The van der Waals surface area contributed by atoms with E-state index in [1.54, 1.807) is 73.8 Å². The maximum atomic E-state index is 14.2. The minimum absolute atomic E-state index is 0.00676. The van der Waals surface area contributed by atoms with Crippen LogP contribution in [0.5, 0.6) is 5.75 Å². The van der Waals surface area contributed by atoms with Crippen molar-refractivity contribution in [2.45, 2.75) is 35.8 Å². The van der Waals surface area contributed by atoms with Crippen LogP contribution in [0, 0.1) is 0 Å². The Hall–Kier alpha value is -4.46. The minimum Gasteiger partial charge on any atom is -0.494 e. The van der Waals surface area contributed by atoms with E-state index >= 15 is 0 Å². The third kappa shape index (κ3) is 8.38. The molecule has 0 bridgehead atoms. The van der Waals surface area contributed by atoms with E-state index in [0.717, 1.165) is 0 Å². The van der Waals surface area contributed by atoms with Crippen LogP contribution in [-0.4, -0.2) is 70.1 Å². The van der Waals surface area contributed by atoms with E-state index in [1.165, 1.54) is 12.1 Å². The Kier molecular flexibility index (Phi) is 11.9. The molecule has 14 heteroatoms. The lowest BCUT2D eigenvalue weighted by Crippen LogP contribution is -2.53. The van der Waals surface area contributed by atoms with Crippen molar-refractivity contribution in [3.8, 4) is 5.75 Å². The summed E-state index contributed by atoms with van der Waals surface area (Å²) >= 11 is 0. The average molecular weight is 637 g/mol. The minimum atomic E-state index is -3.83. The van der Waals surface area contributed by atoms with Crippen molar-refractivity contribution >= 4 is 27.3 Å². The van der Waals surface area contributed by atoms with Crippen LogP contribution in [0.4, 0.5) is 5.69 Å². The van der Waals surface area contributed by atoms with Crippen molar-refractivity contribution in [2.75, 3.05) is 39.2 Å². The van der Waals surface area contributed by atoms with Gasteiger partial charge in [0.25, 0.3) is 5.91 Å². The summed E-state index contributed by atoms with van der Waals surface area (Å²) in [6, 6.07) is 21.4. The predicted molar refractivity (Wildman–Crippen MR) is 168 cm³/mol. The van der Waals surface area contributed by atoms with Crippen LogP contribution in [0.15, 0.2) is 93.9 Å². The number of carbonyl (C=O) groups is 1. The molecule has 1 heterocycles. The molecule has 2 atom stereocenters. The first-order valence-corrected chi connectivity index (χ1v) is 16.0. The number of amides is 1. The van der Waals surface area contributed by atoms with Crippen molar-refractivity contribution in [1.82, 2.24) is 10.9 Å². The van der Waals surface area contributed by atoms with Crippen LogP contribution in [0.3, 0.4) is 0 Å². The van der Waals surface area contributed by atoms with Gasteiger partial charge in [-0.15, -0.1) is 0 Å². The van der Waals surface area contributed by atoms with E-state index in [9.17, 15) is 18.7 Å². The number of carbonyl (C=O) groups excluding carboxylic acids is 1. The number of azide groups is 1. The summed E-state index contributed by atoms with van der Waals surface area (Å²) in [5, 5.41) is 12.8. The van der Waals surface area contributed by atoms with E-state index in [-0.39, 0.29) is 29.5 Å². The monoisotopic (exact) mass is 636 g/mol. The van der Waals surface area contributed by atoms with Gasteiger partial charge in [0.15, 0.2) is 21.5 Å². The van der Waals surface area contributed by atoms with Crippen molar-refractivity contribution in [1.29, 1.82) is 0 Å². The predicted octanol–water partition coefficient (Wildman–Crippen LogP) is 4.17. The number of sulfone groups is 1. The fourth-order valence-electron chi connectivity index (χ4n) is 4.79. The molecule has 0 fully saturated rings. The number of aliphatic hydroxyl groups excluding tert-OH is 1. The maximum Gasteiger partial charge on any atom is 0.266 e. The van der Waals surface area contributed by atoms with E-state index in [0.29, 0.717) is 49.5 Å². The second kappa shape index (κ2) is 16.0. The average Bonchev–Trinajstić information content (AvgIpc) is 3.46. The molecule has 1 amide bonds. The summed E-state index contributed by atoms with van der Waals surface area (Å²) in [7, 11) is -2.26. The third-order valence-electron chi connectivity index (χ3n) is 7.11. The van der Waals surface area contributed by atoms with Gasteiger partial charge in [-0.2, -0.15) is 0 Å². The van der Waals surface area contributed by atoms with Crippen LogP contribution < -0.4 is 15.6 Å². The standard InChI is InChI=1S/C31H36N6O7S/c1-42-20-7-18-33-36-30(39)31(17-22-45(40,41)25-9-3-2-4-10-25)28(26-11-5-6-12-27(26)35-37-32)44-29(34-31)23-13-15-24(16-14-23)43-21-8-19-38/h2-6,9-16,28,33,38H,7-8,17-22H2,1H3,(H,36,39)/t28-,31-/m0/s1. The topological polar surface area (TPSA) is 184 Å². The highest BCUT2D eigenvalue weighted by Crippen LogP contribution is 2.45. The molecule has 1 aliphatic heterocycles. The lowest BCUT2D eigenvalue weighted by molar-refractivity contribution is -0.130. The molecule has 238 valence electrons. The highest BCUT2D eigenvalue weighted by molar-refractivity contribution is 7.91. The number of methoxy groups -OCH3 is 1. The Labute approximate surface area is 261 Å². The highest BCUT2D eigenvalue weighted by Gasteiger charge is 2.54. The molecule has 3 N–H and O–H groups in total. The second-order valence-electron chi connectivity index (χ2n) is 10.1. The molecule has 3 aromatic rings. The smallest absolute Gasteiger partial charge is 0.266 e. The lowest BCUT2D eigenvalue weighted by Gasteiger charge is -2.31. The van der Waals surface area contributed by atoms with E-state index in [2.05, 4.69) is 20.9 Å². The van der Waals surface area contributed by atoms with Crippen LogP contribution in [-0.2, 0) is 24.1 Å². The summed E-state index contributed by atoms with van der Waals surface area (Å²) in [6.07, 6.45) is -0.321. The van der Waals surface area contributed by atoms with Gasteiger partial charge in [0.05, 0.1) is 17.3 Å². The quantitative estimate of drug-likeness (QED) is 0.0648. The van der Waals surface area contributed by atoms with Crippen molar-refractivity contribution < 1.29 is 32.5 Å². The van der Waals surface area contributed by atoms with Gasteiger partial charge in [-0.05, 0) is 48.4 Å². The maximum absolute atomic E-state index is 14.2. The molecule has 0 saturated carbocycles. The molecule has 3 aromatic carbocycles. The molecular formula is C31H36N6O7S. The molecule has 0 unspecified atom stereocenters. The van der Waals surface area contributed by atoms with Gasteiger partial charge in [0.2, 0.25) is 5.90 Å². The number of benzene rings is 3. The van der Waals surface area contributed by atoms with E-state index in [4.69, 9.17) is 24.3 Å². The zero-order chi connectivity index (χ0) is 32.1. The number of aliphatic imine (C=N–C) groups is 1. The Morgan fingerprint density at radius 2 is 1.80 bits per heavy atom. The summed E-state index contributed by atoms with van der Waals surface area (Å²) < 4.78 is 44.0. The van der Waals surface area contributed by atoms with Crippen molar-refractivity contribution in [3.05, 3.63) is 100 Å². The van der Waals surface area contributed by atoms with Crippen molar-refractivity contribution in [2.24, 2.45) is 10.1 Å². The van der Waals surface area contributed by atoms with Crippen LogP contribution in [0.1, 0.15) is 36.5 Å². The second-order valence-corrected chi connectivity index (χ2v) is 12.3. The molecule has 1 aliphatic rings. The van der Waals surface area contributed by atoms with Crippen LogP contribution in [0.25, 0.3) is 10.4 Å². The molecule has 4 rings (SSSR count). The molecule has 0 radical (unpaired) electrons. The summed E-state index contributed by atoms with van der Waals surface area (Å²) in [4.78, 5) is 22.0. The number of rotatable bonds is 17. The van der Waals surface area contributed by atoms with Gasteiger partial charge in [0.1, 0.15) is 5.75 Å². The number of aliphatic hydroxyl groups is 1. The van der Waals surface area contributed by atoms with Crippen molar-refractivity contribution in [3.63, 3.8) is 0 Å². The Balaban J connectivity index is 1.78. The number of hydrazine groups is 1. The Morgan fingerprint density at radius 1 is 1.07 bits per heavy atom. The molecule has 0 aromatic heterocycles. The first-order chi connectivity index (χ1) is 21.8. The normalized spacial score (nSPS) is 17.6. The summed E-state index contributed by atoms with van der Waals surface area (Å²) in [5.41, 5.74) is 14.1. The van der Waals surface area contributed by atoms with Crippen LogP contribution >= 0.6 is 0 Å². The van der Waals surface area contributed by atoms with Gasteiger partial charge in [-0.3, -0.25) is 10.2 Å². The highest BCUT2D eigenvalue weighted by atomic mass is 32.2. The molecule has 0 spiro atoms. The summed E-state index contributed by atoms with van der Waals surface area (Å²) in [5.74, 6) is -0.382. The first-order valence-electron chi connectivity index (χ1n) is 14.4. The Morgan fingerprint density at radius 3 is 2.51 bits per heavy atom. The van der Waals surface area contributed by atoms with Gasteiger partial charge in [0, 0.05) is 61.4 Å². The molecule has 0 aliphatic carbocycles. The van der Waals surface area contributed by atoms with Gasteiger partial charge < -0.3 is 19.3 Å². The van der Waals surface area contributed by atoms with Gasteiger partial charge in [-0.1, -0.05) is 47.6 Å². The Bertz CT molecular complexity index is 1610. The fourth-order valence-corrected chi connectivity index (χ4v) is 6.17. The van der Waals surface area contributed by atoms with Gasteiger partial charge >= 0.3 is 0 Å². The van der Waals surface area contributed by atoms with Gasteiger partial charge in [-0.25, -0.2) is 18.8 Å². The zero-order valence-corrected chi connectivity index (χ0v) is 25.7. The number of ether oxygens (including phenoxy) is 3. The number of hydrogen-bond donors (Lipinski definition) is 3. The summed E-state index contributed by atoms with van der Waals surface area (Å²) in [6.45, 7) is 1.19.